The largest absolute Gasteiger partial charge is 0.492 e. The molecule has 0 aliphatic heterocycles. The lowest BCUT2D eigenvalue weighted by molar-refractivity contribution is -0.120. The van der Waals surface area contributed by atoms with Crippen molar-refractivity contribution in [2.24, 2.45) is 5.10 Å². The number of hydrogen-bond acceptors (Lipinski definition) is 5. The molecule has 2 rings (SSSR count). The molecule has 0 aliphatic rings. The van der Waals surface area contributed by atoms with Crippen LogP contribution < -0.4 is 26.1 Å². The molecule has 0 aromatic heterocycles. The average molecular weight is 397 g/mol. The van der Waals surface area contributed by atoms with Crippen molar-refractivity contribution in [1.82, 2.24) is 10.7 Å². The zero-order chi connectivity index (χ0) is 21.1. The van der Waals surface area contributed by atoms with Crippen LogP contribution in [0.5, 0.6) is 5.75 Å². The maximum absolute atomic E-state index is 12.0. The summed E-state index contributed by atoms with van der Waals surface area (Å²) in [6, 6.07) is 13.4. The minimum Gasteiger partial charge on any atom is -0.492 e. The summed E-state index contributed by atoms with van der Waals surface area (Å²) in [5, 5.41) is 11.6. The van der Waals surface area contributed by atoms with Crippen molar-refractivity contribution >= 4 is 35.4 Å². The monoisotopic (exact) mass is 397 g/mol. The molecule has 0 heterocycles. The van der Waals surface area contributed by atoms with Crippen LogP contribution in [0.4, 0.5) is 16.2 Å². The number of para-hydroxylation sites is 2. The van der Waals surface area contributed by atoms with E-state index in [1.165, 1.54) is 13.1 Å². The summed E-state index contributed by atoms with van der Waals surface area (Å²) in [5.41, 5.74) is 4.23. The maximum Gasteiger partial charge on any atom is 0.319 e. The van der Waals surface area contributed by atoms with Gasteiger partial charge in [-0.1, -0.05) is 24.3 Å². The van der Waals surface area contributed by atoms with Gasteiger partial charge in [0.2, 0.25) is 5.91 Å². The Morgan fingerprint density at radius 2 is 1.76 bits per heavy atom. The second-order valence-electron chi connectivity index (χ2n) is 5.83. The number of rotatable bonds is 8. The molecule has 0 unspecified atom stereocenters. The first-order chi connectivity index (χ1) is 14.0. The lowest BCUT2D eigenvalue weighted by Crippen LogP contribution is -2.37. The van der Waals surface area contributed by atoms with Gasteiger partial charge in [-0.2, -0.15) is 5.10 Å². The van der Waals surface area contributed by atoms with E-state index in [-0.39, 0.29) is 12.5 Å². The molecule has 2 aromatic carbocycles. The predicted octanol–water partition coefficient (Wildman–Crippen LogP) is 2.32. The molecular formula is C20H23N5O4. The van der Waals surface area contributed by atoms with Crippen molar-refractivity contribution in [1.29, 1.82) is 0 Å². The van der Waals surface area contributed by atoms with Crippen molar-refractivity contribution < 1.29 is 19.1 Å². The molecule has 0 aliphatic carbocycles. The van der Waals surface area contributed by atoms with Crippen LogP contribution in [-0.2, 0) is 9.59 Å². The minimum atomic E-state index is -0.537. The van der Waals surface area contributed by atoms with Gasteiger partial charge >= 0.3 is 6.03 Å². The van der Waals surface area contributed by atoms with Gasteiger partial charge in [0.1, 0.15) is 12.3 Å². The number of hydrogen-bond donors (Lipinski definition) is 4. The summed E-state index contributed by atoms with van der Waals surface area (Å²) in [4.78, 5) is 34.7. The Kier molecular flexibility index (Phi) is 8.18. The van der Waals surface area contributed by atoms with Gasteiger partial charge in [-0.15, -0.1) is 0 Å². The quantitative estimate of drug-likeness (QED) is 0.403. The number of carbonyl (C=O) groups is 3. The van der Waals surface area contributed by atoms with Crippen molar-refractivity contribution in [2.45, 2.75) is 13.8 Å². The number of hydrazone groups is 1. The summed E-state index contributed by atoms with van der Waals surface area (Å²) in [6.07, 6.45) is 1.45. The van der Waals surface area contributed by atoms with E-state index in [1.54, 1.807) is 48.5 Å². The fraction of sp³-hybridized carbons (Fsp3) is 0.200. The van der Waals surface area contributed by atoms with Gasteiger partial charge in [0.15, 0.2) is 0 Å². The van der Waals surface area contributed by atoms with Crippen LogP contribution in [0.3, 0.4) is 0 Å². The molecule has 152 valence electrons. The number of carbonyl (C=O) groups excluding carboxylic acids is 3. The third-order valence-electron chi connectivity index (χ3n) is 3.48. The Hall–Kier alpha value is -3.88. The maximum atomic E-state index is 12.0. The van der Waals surface area contributed by atoms with Crippen LogP contribution in [0.25, 0.3) is 0 Å². The van der Waals surface area contributed by atoms with Crippen LogP contribution in [0.2, 0.25) is 0 Å². The molecule has 2 aromatic rings. The summed E-state index contributed by atoms with van der Waals surface area (Å²) >= 11 is 0. The number of amides is 4. The highest BCUT2D eigenvalue weighted by atomic mass is 16.5. The van der Waals surface area contributed by atoms with E-state index in [0.29, 0.717) is 23.7 Å². The first kappa shape index (κ1) is 21.4. The van der Waals surface area contributed by atoms with E-state index >= 15 is 0 Å². The lowest BCUT2D eigenvalue weighted by Gasteiger charge is -2.11. The Labute approximate surface area is 168 Å². The van der Waals surface area contributed by atoms with E-state index in [2.05, 4.69) is 26.5 Å². The Balaban J connectivity index is 1.76. The molecule has 0 spiro atoms. The van der Waals surface area contributed by atoms with E-state index in [1.807, 2.05) is 6.92 Å². The standard InChI is InChI=1S/C20H23N5O4/c1-3-29-18-7-5-4-6-17(18)24-20(28)21-13-19(27)25-22-12-15-8-10-16(11-9-15)23-14(2)26/h4-12H,3,13H2,1-2H3,(H,23,26)(H,25,27)(H2,21,24,28)/b22-12+. The van der Waals surface area contributed by atoms with Gasteiger partial charge in [-0.25, -0.2) is 10.2 Å². The number of urea groups is 1. The van der Waals surface area contributed by atoms with Crippen molar-refractivity contribution in [3.8, 4) is 5.75 Å². The summed E-state index contributed by atoms with van der Waals surface area (Å²) in [5.74, 6) is -0.0929. The Morgan fingerprint density at radius 1 is 1.03 bits per heavy atom. The molecule has 4 N–H and O–H groups in total. The van der Waals surface area contributed by atoms with Gasteiger partial charge in [0.25, 0.3) is 5.91 Å². The van der Waals surface area contributed by atoms with Gasteiger partial charge in [0.05, 0.1) is 18.5 Å². The molecular weight excluding hydrogens is 374 g/mol. The van der Waals surface area contributed by atoms with Crippen LogP contribution in [0.15, 0.2) is 53.6 Å². The summed E-state index contributed by atoms with van der Waals surface area (Å²) < 4.78 is 5.42. The molecule has 0 bridgehead atoms. The lowest BCUT2D eigenvalue weighted by atomic mass is 10.2. The third kappa shape index (κ3) is 7.71. The summed E-state index contributed by atoms with van der Waals surface area (Å²) in [7, 11) is 0. The van der Waals surface area contributed by atoms with Crippen molar-refractivity contribution in [2.75, 3.05) is 23.8 Å². The van der Waals surface area contributed by atoms with E-state index in [9.17, 15) is 14.4 Å². The van der Waals surface area contributed by atoms with E-state index in [0.717, 1.165) is 5.56 Å². The fourth-order valence-corrected chi connectivity index (χ4v) is 2.25. The van der Waals surface area contributed by atoms with Crippen LogP contribution >= 0.6 is 0 Å². The molecule has 0 fully saturated rings. The molecule has 0 saturated heterocycles. The number of nitrogens with one attached hydrogen (secondary N) is 4. The summed E-state index contributed by atoms with van der Waals surface area (Å²) in [6.45, 7) is 3.49. The second-order valence-corrected chi connectivity index (χ2v) is 5.83. The van der Waals surface area contributed by atoms with Gasteiger partial charge in [-0.05, 0) is 36.8 Å². The second kappa shape index (κ2) is 11.1. The van der Waals surface area contributed by atoms with Crippen LogP contribution in [0.1, 0.15) is 19.4 Å². The smallest absolute Gasteiger partial charge is 0.319 e. The van der Waals surface area contributed by atoms with Gasteiger partial charge in [0, 0.05) is 12.6 Å². The highest BCUT2D eigenvalue weighted by Crippen LogP contribution is 2.23. The zero-order valence-electron chi connectivity index (χ0n) is 16.2. The topological polar surface area (TPSA) is 121 Å². The molecule has 9 nitrogen and oxygen atoms in total. The molecule has 9 heteroatoms. The SMILES string of the molecule is CCOc1ccccc1NC(=O)NCC(=O)N/N=C/c1ccc(NC(C)=O)cc1. The first-order valence-corrected chi connectivity index (χ1v) is 8.94. The highest BCUT2D eigenvalue weighted by molar-refractivity contribution is 5.93. The Bertz CT molecular complexity index is 881. The third-order valence-corrected chi connectivity index (χ3v) is 3.48. The van der Waals surface area contributed by atoms with E-state index in [4.69, 9.17) is 4.74 Å². The van der Waals surface area contributed by atoms with Crippen molar-refractivity contribution in [3.63, 3.8) is 0 Å². The molecule has 29 heavy (non-hydrogen) atoms. The average Bonchev–Trinajstić information content (AvgIpc) is 2.69. The molecule has 0 radical (unpaired) electrons. The number of ether oxygens (including phenoxy) is 1. The van der Waals surface area contributed by atoms with E-state index < -0.39 is 11.9 Å². The normalized spacial score (nSPS) is 10.3. The molecule has 0 saturated carbocycles. The van der Waals surface area contributed by atoms with Crippen molar-refractivity contribution in [3.05, 3.63) is 54.1 Å². The van der Waals surface area contributed by atoms with Gasteiger partial charge in [-0.3, -0.25) is 9.59 Å². The number of nitrogens with zero attached hydrogens (tertiary/aromatic N) is 1. The van der Waals surface area contributed by atoms with Gasteiger partial charge < -0.3 is 20.7 Å². The first-order valence-electron chi connectivity index (χ1n) is 8.94. The predicted molar refractivity (Wildman–Crippen MR) is 111 cm³/mol. The van der Waals surface area contributed by atoms with Crippen LogP contribution in [0, 0.1) is 0 Å². The Morgan fingerprint density at radius 3 is 2.45 bits per heavy atom. The highest BCUT2D eigenvalue weighted by Gasteiger charge is 2.08. The number of anilines is 2. The van der Waals surface area contributed by atoms with Crippen LogP contribution in [-0.4, -0.2) is 37.2 Å². The fourth-order valence-electron chi connectivity index (χ4n) is 2.25. The minimum absolute atomic E-state index is 0.156. The zero-order valence-corrected chi connectivity index (χ0v) is 16.2. The molecule has 4 amide bonds. The molecule has 0 atom stereocenters. The number of benzene rings is 2.